The summed E-state index contributed by atoms with van der Waals surface area (Å²) >= 11 is 0. The maximum Gasteiger partial charge on any atom is 0.336 e. The molecule has 0 N–H and O–H groups in total. The Hall–Kier alpha value is -3.47. The number of fused-ring (bicyclic) bond motifs is 1. The molecule has 1 aromatic heterocycles. The largest absolute Gasteiger partial charge is 0.336 e. The zero-order valence-corrected chi connectivity index (χ0v) is 14.7. The van der Waals surface area contributed by atoms with Gasteiger partial charge in [0, 0.05) is 0 Å². The summed E-state index contributed by atoms with van der Waals surface area (Å²) in [6.07, 6.45) is 0. The minimum Gasteiger partial charge on any atom is -0.288 e. The molecule has 4 rings (SSSR count). The summed E-state index contributed by atoms with van der Waals surface area (Å²) in [7, 11) is 0. The molecule has 0 atom stereocenters. The van der Waals surface area contributed by atoms with Crippen LogP contribution >= 0.6 is 0 Å². The lowest BCUT2D eigenvalue weighted by Crippen LogP contribution is -2.39. The summed E-state index contributed by atoms with van der Waals surface area (Å²) in [5.74, 6) is -0.503. The van der Waals surface area contributed by atoms with Crippen molar-refractivity contribution < 1.29 is 4.39 Å². The van der Waals surface area contributed by atoms with Crippen LogP contribution in [0.5, 0.6) is 0 Å². The monoisotopic (exact) mass is 360 g/mol. The Morgan fingerprint density at radius 2 is 1.63 bits per heavy atom. The Kier molecular flexibility index (Phi) is 4.20. The van der Waals surface area contributed by atoms with E-state index in [-0.39, 0.29) is 5.69 Å². The van der Waals surface area contributed by atoms with Crippen LogP contribution in [0.1, 0.15) is 11.1 Å². The van der Waals surface area contributed by atoms with Crippen molar-refractivity contribution in [3.05, 3.63) is 111 Å². The summed E-state index contributed by atoms with van der Waals surface area (Å²) < 4.78 is 16.3. The minimum absolute atomic E-state index is 0.216. The predicted octanol–water partition coefficient (Wildman–Crippen LogP) is 3.65. The van der Waals surface area contributed by atoms with Gasteiger partial charge < -0.3 is 0 Å². The van der Waals surface area contributed by atoms with E-state index in [0.717, 1.165) is 15.7 Å². The van der Waals surface area contributed by atoms with Crippen LogP contribution in [0, 0.1) is 12.7 Å². The highest BCUT2D eigenvalue weighted by atomic mass is 19.1. The fourth-order valence-electron chi connectivity index (χ4n) is 3.19. The number of rotatable bonds is 3. The fourth-order valence-corrected chi connectivity index (χ4v) is 3.19. The van der Waals surface area contributed by atoms with Gasteiger partial charge in [-0.05, 0) is 42.8 Å². The van der Waals surface area contributed by atoms with Gasteiger partial charge in [0.05, 0.1) is 23.1 Å². The molecule has 0 aliphatic rings. The molecule has 0 bridgehead atoms. The van der Waals surface area contributed by atoms with Crippen molar-refractivity contribution in [1.82, 2.24) is 9.13 Å². The van der Waals surface area contributed by atoms with Gasteiger partial charge in [0.15, 0.2) is 0 Å². The third-order valence-electron chi connectivity index (χ3n) is 4.58. The maximum absolute atomic E-state index is 13.7. The molecular weight excluding hydrogens is 343 g/mol. The number of hydrogen-bond donors (Lipinski definition) is 0. The van der Waals surface area contributed by atoms with Gasteiger partial charge in [0.1, 0.15) is 5.82 Å². The third kappa shape index (κ3) is 3.08. The van der Waals surface area contributed by atoms with Crippen LogP contribution in [0.15, 0.2) is 82.4 Å². The second-order valence-corrected chi connectivity index (χ2v) is 6.49. The highest BCUT2D eigenvalue weighted by Gasteiger charge is 2.15. The number of aryl methyl sites for hydroxylation is 1. The predicted molar refractivity (Wildman–Crippen MR) is 104 cm³/mol. The molecule has 0 saturated heterocycles. The second kappa shape index (κ2) is 6.68. The van der Waals surface area contributed by atoms with E-state index in [1.807, 2.05) is 31.2 Å². The summed E-state index contributed by atoms with van der Waals surface area (Å²) in [5, 5.41) is 0.411. The van der Waals surface area contributed by atoms with E-state index in [0.29, 0.717) is 17.4 Å². The molecule has 0 aliphatic heterocycles. The Morgan fingerprint density at radius 1 is 0.889 bits per heavy atom. The summed E-state index contributed by atoms with van der Waals surface area (Å²) in [4.78, 5) is 26.1. The minimum atomic E-state index is -0.503. The highest BCUT2D eigenvalue weighted by Crippen LogP contribution is 2.13. The molecule has 0 fully saturated rings. The van der Waals surface area contributed by atoms with Gasteiger partial charge in [-0.25, -0.2) is 13.8 Å². The molecule has 27 heavy (non-hydrogen) atoms. The van der Waals surface area contributed by atoms with Crippen molar-refractivity contribution in [3.63, 3.8) is 0 Å². The first-order chi connectivity index (χ1) is 13.0. The normalized spacial score (nSPS) is 11.0. The molecule has 0 amide bonds. The van der Waals surface area contributed by atoms with Crippen molar-refractivity contribution in [1.29, 1.82) is 0 Å². The molecule has 0 aliphatic carbocycles. The van der Waals surface area contributed by atoms with Gasteiger partial charge in [-0.1, -0.05) is 48.0 Å². The van der Waals surface area contributed by atoms with E-state index in [2.05, 4.69) is 0 Å². The van der Waals surface area contributed by atoms with E-state index < -0.39 is 17.1 Å². The average Bonchev–Trinajstić information content (AvgIpc) is 2.67. The van der Waals surface area contributed by atoms with E-state index in [4.69, 9.17) is 0 Å². The molecule has 134 valence electrons. The number of halogens is 1. The molecule has 0 saturated carbocycles. The fraction of sp³-hybridized carbons (Fsp3) is 0.0909. The van der Waals surface area contributed by atoms with Crippen LogP contribution in [-0.2, 0) is 6.54 Å². The first-order valence-corrected chi connectivity index (χ1v) is 8.61. The van der Waals surface area contributed by atoms with Gasteiger partial charge in [-0.3, -0.25) is 9.36 Å². The van der Waals surface area contributed by atoms with Crippen LogP contribution in [0.4, 0.5) is 4.39 Å². The number of aromatic nitrogens is 2. The van der Waals surface area contributed by atoms with Crippen LogP contribution in [0.2, 0.25) is 0 Å². The van der Waals surface area contributed by atoms with Gasteiger partial charge in [-0.2, -0.15) is 0 Å². The van der Waals surface area contributed by atoms with Crippen LogP contribution in [0.3, 0.4) is 0 Å². The van der Waals surface area contributed by atoms with Crippen molar-refractivity contribution in [2.24, 2.45) is 0 Å². The van der Waals surface area contributed by atoms with E-state index in [9.17, 15) is 14.0 Å². The molecule has 1 heterocycles. The number of benzene rings is 3. The van der Waals surface area contributed by atoms with Crippen molar-refractivity contribution in [2.75, 3.05) is 0 Å². The molecule has 4 nitrogen and oxygen atoms in total. The van der Waals surface area contributed by atoms with Crippen molar-refractivity contribution >= 4 is 10.9 Å². The molecule has 4 aromatic rings. The Balaban J connectivity index is 2.01. The van der Waals surface area contributed by atoms with Gasteiger partial charge in [0.2, 0.25) is 0 Å². The summed E-state index contributed by atoms with van der Waals surface area (Å²) in [6.45, 7) is 2.31. The lowest BCUT2D eigenvalue weighted by atomic mass is 10.1. The van der Waals surface area contributed by atoms with E-state index >= 15 is 0 Å². The summed E-state index contributed by atoms with van der Waals surface area (Å²) in [5.41, 5.74) is 1.89. The molecule has 3 aromatic carbocycles. The zero-order valence-electron chi connectivity index (χ0n) is 14.7. The number of para-hydroxylation sites is 1. The highest BCUT2D eigenvalue weighted by molar-refractivity contribution is 5.78. The van der Waals surface area contributed by atoms with Crippen LogP contribution < -0.4 is 11.2 Å². The first-order valence-electron chi connectivity index (χ1n) is 8.61. The Bertz CT molecular complexity index is 1250. The average molecular weight is 360 g/mol. The Labute approximate surface area is 154 Å². The second-order valence-electron chi connectivity index (χ2n) is 6.49. The van der Waals surface area contributed by atoms with E-state index in [1.54, 1.807) is 34.9 Å². The summed E-state index contributed by atoms with van der Waals surface area (Å²) in [6, 6.07) is 20.3. The zero-order chi connectivity index (χ0) is 19.0. The third-order valence-corrected chi connectivity index (χ3v) is 4.58. The molecule has 5 heteroatoms. The van der Waals surface area contributed by atoms with Crippen molar-refractivity contribution in [2.45, 2.75) is 13.5 Å². The SMILES string of the molecule is Cc1ccc(Cn2c(=O)n(-c3cccc(F)c3)c(=O)c3ccccc32)cc1. The van der Waals surface area contributed by atoms with E-state index in [1.165, 1.54) is 18.2 Å². The lowest BCUT2D eigenvalue weighted by molar-refractivity contribution is 0.624. The van der Waals surface area contributed by atoms with Gasteiger partial charge in [0.25, 0.3) is 5.56 Å². The molecule has 0 spiro atoms. The standard InChI is InChI=1S/C22H17FN2O2/c1-15-9-11-16(12-10-15)14-24-20-8-3-2-7-19(20)21(26)25(22(24)27)18-6-4-5-17(23)13-18/h2-13H,14H2,1H3. The smallest absolute Gasteiger partial charge is 0.288 e. The molecule has 0 radical (unpaired) electrons. The maximum atomic E-state index is 13.7. The molecular formula is C22H17FN2O2. The van der Waals surface area contributed by atoms with Crippen LogP contribution in [-0.4, -0.2) is 9.13 Å². The first kappa shape index (κ1) is 17.0. The number of nitrogens with zero attached hydrogens (tertiary/aromatic N) is 2. The van der Waals surface area contributed by atoms with Gasteiger partial charge in [-0.15, -0.1) is 0 Å². The topological polar surface area (TPSA) is 44.0 Å². The molecule has 0 unspecified atom stereocenters. The quantitative estimate of drug-likeness (QED) is 0.560. The lowest BCUT2D eigenvalue weighted by Gasteiger charge is -2.14. The van der Waals surface area contributed by atoms with Crippen LogP contribution in [0.25, 0.3) is 16.6 Å². The number of hydrogen-bond acceptors (Lipinski definition) is 2. The van der Waals surface area contributed by atoms with Gasteiger partial charge >= 0.3 is 5.69 Å². The Morgan fingerprint density at radius 3 is 2.37 bits per heavy atom. The van der Waals surface area contributed by atoms with Crippen molar-refractivity contribution in [3.8, 4) is 5.69 Å².